The highest BCUT2D eigenvalue weighted by Gasteiger charge is 2.51. The number of nitrogens with zero attached hydrogens (tertiary/aromatic N) is 1. The van der Waals surface area contributed by atoms with Crippen LogP contribution in [0.15, 0.2) is 0 Å². The van der Waals surface area contributed by atoms with E-state index < -0.39 is 11.5 Å². The summed E-state index contributed by atoms with van der Waals surface area (Å²) in [6, 6.07) is 0.531. The zero-order valence-electron chi connectivity index (χ0n) is 9.70. The molecule has 1 aliphatic heterocycles. The van der Waals surface area contributed by atoms with Gasteiger partial charge >= 0.3 is 5.97 Å². The first-order valence-electron chi connectivity index (χ1n) is 6.12. The van der Waals surface area contributed by atoms with Crippen LogP contribution in [0.5, 0.6) is 0 Å². The molecule has 15 heavy (non-hydrogen) atoms. The van der Waals surface area contributed by atoms with Crippen LogP contribution in [0.3, 0.4) is 0 Å². The maximum absolute atomic E-state index is 11.5. The van der Waals surface area contributed by atoms with E-state index in [9.17, 15) is 9.90 Å². The second kappa shape index (κ2) is 3.78. The predicted molar refractivity (Wildman–Crippen MR) is 58.8 cm³/mol. The van der Waals surface area contributed by atoms with Gasteiger partial charge in [0.2, 0.25) is 0 Å². The van der Waals surface area contributed by atoms with Crippen LogP contribution in [0.25, 0.3) is 0 Å². The van der Waals surface area contributed by atoms with E-state index in [1.54, 1.807) is 0 Å². The van der Waals surface area contributed by atoms with Crippen molar-refractivity contribution in [2.24, 2.45) is 5.92 Å². The van der Waals surface area contributed by atoms with Crippen molar-refractivity contribution in [2.45, 2.75) is 57.5 Å². The van der Waals surface area contributed by atoms with Crippen LogP contribution in [0.4, 0.5) is 0 Å². The molecule has 0 aromatic heterocycles. The lowest BCUT2D eigenvalue weighted by atomic mass is 9.77. The maximum Gasteiger partial charge on any atom is 0.324 e. The first kappa shape index (κ1) is 10.9. The van der Waals surface area contributed by atoms with Crippen LogP contribution in [-0.2, 0) is 4.79 Å². The summed E-state index contributed by atoms with van der Waals surface area (Å²) in [6.45, 7) is 5.24. The fourth-order valence-corrected chi connectivity index (χ4v) is 3.26. The Morgan fingerprint density at radius 1 is 1.53 bits per heavy atom. The summed E-state index contributed by atoms with van der Waals surface area (Å²) in [7, 11) is 0. The Morgan fingerprint density at radius 2 is 2.27 bits per heavy atom. The monoisotopic (exact) mass is 211 g/mol. The minimum Gasteiger partial charge on any atom is -0.480 e. The van der Waals surface area contributed by atoms with Gasteiger partial charge in [-0.05, 0) is 44.6 Å². The molecule has 1 aliphatic carbocycles. The molecule has 2 fully saturated rings. The van der Waals surface area contributed by atoms with Gasteiger partial charge in [-0.25, -0.2) is 0 Å². The summed E-state index contributed by atoms with van der Waals surface area (Å²) >= 11 is 0. The molecule has 1 saturated carbocycles. The molecule has 0 aromatic carbocycles. The minimum absolute atomic E-state index is 0.531. The van der Waals surface area contributed by atoms with Gasteiger partial charge in [0.1, 0.15) is 5.54 Å². The van der Waals surface area contributed by atoms with E-state index >= 15 is 0 Å². The number of rotatable bonds is 3. The third-order valence-electron chi connectivity index (χ3n) is 4.50. The molecule has 3 atom stereocenters. The topological polar surface area (TPSA) is 40.5 Å². The lowest BCUT2D eigenvalue weighted by Crippen LogP contribution is -2.58. The normalized spacial score (nSPS) is 41.5. The summed E-state index contributed by atoms with van der Waals surface area (Å²) in [5, 5.41) is 9.45. The number of carboxylic acids is 1. The van der Waals surface area contributed by atoms with Gasteiger partial charge in [-0.15, -0.1) is 0 Å². The fraction of sp³-hybridized carbons (Fsp3) is 0.917. The summed E-state index contributed by atoms with van der Waals surface area (Å²) in [5.74, 6) is 0.0787. The molecule has 1 saturated heterocycles. The Kier molecular flexibility index (Phi) is 2.75. The zero-order valence-corrected chi connectivity index (χ0v) is 9.70. The van der Waals surface area contributed by atoms with Gasteiger partial charge in [0.05, 0.1) is 0 Å². The van der Waals surface area contributed by atoms with Crippen LogP contribution in [0.1, 0.15) is 46.0 Å². The molecular weight excluding hydrogens is 190 g/mol. The van der Waals surface area contributed by atoms with E-state index in [0.717, 1.165) is 25.8 Å². The Labute approximate surface area is 91.5 Å². The summed E-state index contributed by atoms with van der Waals surface area (Å²) in [5.41, 5.74) is -0.542. The highest BCUT2D eigenvalue weighted by Crippen LogP contribution is 2.42. The van der Waals surface area contributed by atoms with Gasteiger partial charge in [0.25, 0.3) is 0 Å². The van der Waals surface area contributed by atoms with Crippen molar-refractivity contribution >= 4 is 5.97 Å². The second-order valence-corrected chi connectivity index (χ2v) is 5.11. The van der Waals surface area contributed by atoms with Gasteiger partial charge in [-0.2, -0.15) is 0 Å². The van der Waals surface area contributed by atoms with E-state index in [-0.39, 0.29) is 0 Å². The number of hydrogen-bond donors (Lipinski definition) is 1. The van der Waals surface area contributed by atoms with Crippen molar-refractivity contribution in [3.05, 3.63) is 0 Å². The number of carbonyl (C=O) groups is 1. The van der Waals surface area contributed by atoms with E-state index in [1.807, 2.05) is 6.92 Å². The molecule has 3 nitrogen and oxygen atoms in total. The van der Waals surface area contributed by atoms with Gasteiger partial charge < -0.3 is 5.11 Å². The highest BCUT2D eigenvalue weighted by atomic mass is 16.4. The summed E-state index contributed by atoms with van der Waals surface area (Å²) in [6.07, 6.45) is 5.08. The average Bonchev–Trinajstić information content (AvgIpc) is 2.60. The fourth-order valence-electron chi connectivity index (χ4n) is 3.26. The van der Waals surface area contributed by atoms with E-state index in [1.165, 1.54) is 12.8 Å². The molecule has 1 N–H and O–H groups in total. The number of carboxylic acid groups (broad SMARTS) is 1. The van der Waals surface area contributed by atoms with E-state index in [2.05, 4.69) is 11.8 Å². The summed E-state index contributed by atoms with van der Waals surface area (Å²) < 4.78 is 0. The van der Waals surface area contributed by atoms with Crippen LogP contribution >= 0.6 is 0 Å². The van der Waals surface area contributed by atoms with Gasteiger partial charge in [-0.3, -0.25) is 9.69 Å². The van der Waals surface area contributed by atoms with Gasteiger partial charge in [0.15, 0.2) is 0 Å². The van der Waals surface area contributed by atoms with Crippen molar-refractivity contribution in [1.82, 2.24) is 4.90 Å². The van der Waals surface area contributed by atoms with Crippen molar-refractivity contribution in [1.29, 1.82) is 0 Å². The molecule has 0 aromatic rings. The Bertz CT molecular complexity index is 266. The average molecular weight is 211 g/mol. The predicted octanol–water partition coefficient (Wildman–Crippen LogP) is 2.11. The largest absolute Gasteiger partial charge is 0.480 e. The van der Waals surface area contributed by atoms with Crippen molar-refractivity contribution in [2.75, 3.05) is 6.54 Å². The molecule has 3 unspecified atom stereocenters. The molecule has 2 aliphatic rings. The molecule has 0 spiro atoms. The Hall–Kier alpha value is -0.570. The van der Waals surface area contributed by atoms with Crippen LogP contribution in [0.2, 0.25) is 0 Å². The lowest BCUT2D eigenvalue weighted by molar-refractivity contribution is -0.153. The molecule has 3 heteroatoms. The highest BCUT2D eigenvalue weighted by molar-refractivity contribution is 5.79. The van der Waals surface area contributed by atoms with Crippen LogP contribution in [0, 0.1) is 5.92 Å². The van der Waals surface area contributed by atoms with E-state index in [4.69, 9.17) is 0 Å². The first-order chi connectivity index (χ1) is 7.12. The molecular formula is C12H21NO2. The molecule has 86 valence electrons. The first-order valence-corrected chi connectivity index (χ1v) is 6.12. The van der Waals surface area contributed by atoms with Crippen LogP contribution < -0.4 is 0 Å². The smallest absolute Gasteiger partial charge is 0.324 e. The number of likely N-dealkylation sites (tertiary alicyclic amines) is 1. The third kappa shape index (κ3) is 1.48. The third-order valence-corrected chi connectivity index (χ3v) is 4.50. The Balaban J connectivity index is 2.19. The van der Waals surface area contributed by atoms with Crippen molar-refractivity contribution < 1.29 is 9.90 Å². The second-order valence-electron chi connectivity index (χ2n) is 5.11. The van der Waals surface area contributed by atoms with Gasteiger partial charge in [-0.1, -0.05) is 13.8 Å². The molecule has 1 heterocycles. The zero-order chi connectivity index (χ0) is 11.1. The molecule has 0 radical (unpaired) electrons. The molecule has 2 rings (SSSR count). The quantitative estimate of drug-likeness (QED) is 0.777. The van der Waals surface area contributed by atoms with Gasteiger partial charge in [0, 0.05) is 6.04 Å². The standard InChI is InChI=1S/C12H21NO2/c1-3-12(11(14)15)7-4-8-13(12)10-6-5-9(10)2/h9-10H,3-8H2,1-2H3,(H,14,15). The SMILES string of the molecule is CCC1(C(=O)O)CCCN1C1CCC1C. The van der Waals surface area contributed by atoms with E-state index in [0.29, 0.717) is 12.0 Å². The number of hydrogen-bond acceptors (Lipinski definition) is 2. The van der Waals surface area contributed by atoms with Crippen molar-refractivity contribution in [3.8, 4) is 0 Å². The Morgan fingerprint density at radius 3 is 2.67 bits per heavy atom. The molecule has 0 amide bonds. The lowest BCUT2D eigenvalue weighted by Gasteiger charge is -2.47. The maximum atomic E-state index is 11.5. The van der Waals surface area contributed by atoms with Crippen molar-refractivity contribution in [3.63, 3.8) is 0 Å². The summed E-state index contributed by atoms with van der Waals surface area (Å²) in [4.78, 5) is 13.8. The minimum atomic E-state index is -0.610. The van der Waals surface area contributed by atoms with Crippen LogP contribution in [-0.4, -0.2) is 34.1 Å². The molecule has 0 bridgehead atoms. The number of aliphatic carboxylic acids is 1.